The summed E-state index contributed by atoms with van der Waals surface area (Å²) < 4.78 is 55.8. The second-order valence-corrected chi connectivity index (χ2v) is 16.9. The van der Waals surface area contributed by atoms with Gasteiger partial charge in [0.1, 0.15) is 24.4 Å². The van der Waals surface area contributed by atoms with E-state index in [9.17, 15) is 0 Å². The maximum absolute atomic E-state index is 7.17. The molecule has 0 aromatic carbocycles. The summed E-state index contributed by atoms with van der Waals surface area (Å²) in [4.78, 5) is 0. The van der Waals surface area contributed by atoms with Gasteiger partial charge in [-0.05, 0) is 92.8 Å². The molecule has 0 aromatic heterocycles. The van der Waals surface area contributed by atoms with Gasteiger partial charge in [-0.1, -0.05) is 32.4 Å². The van der Waals surface area contributed by atoms with Crippen LogP contribution < -0.4 is 0 Å². The zero-order valence-corrected chi connectivity index (χ0v) is 30.5. The van der Waals surface area contributed by atoms with Crippen molar-refractivity contribution in [3.63, 3.8) is 0 Å². The average molecular weight is 663 g/mol. The van der Waals surface area contributed by atoms with Gasteiger partial charge in [-0.2, -0.15) is 0 Å². The van der Waals surface area contributed by atoms with E-state index in [1.54, 1.807) is 34.0 Å². The second-order valence-electron chi connectivity index (χ2n) is 16.9. The van der Waals surface area contributed by atoms with Crippen molar-refractivity contribution < 1.29 is 42.6 Å². The first-order valence-electron chi connectivity index (χ1n) is 18.4. The smallest absolute Gasteiger partial charge is 0.187 e. The molecule has 268 valence electrons. The summed E-state index contributed by atoms with van der Waals surface area (Å²) in [6.07, 6.45) is 11.5. The number of ether oxygens (including phenoxy) is 9. The van der Waals surface area contributed by atoms with Crippen LogP contribution in [0.3, 0.4) is 0 Å². The first-order valence-corrected chi connectivity index (χ1v) is 18.4. The number of rotatable bonds is 9. The lowest BCUT2D eigenvalue weighted by Crippen LogP contribution is -2.61. The van der Waals surface area contributed by atoms with Crippen LogP contribution >= 0.6 is 0 Å². The number of methoxy groups -OCH3 is 5. The predicted octanol–water partition coefficient (Wildman–Crippen LogP) is 5.92. The molecular weight excluding hydrogens is 600 g/mol. The first kappa shape index (κ1) is 34.8. The van der Waals surface area contributed by atoms with E-state index < -0.39 is 23.8 Å². The van der Waals surface area contributed by atoms with E-state index in [0.717, 1.165) is 37.5 Å². The molecule has 0 radical (unpaired) electrons. The Morgan fingerprint density at radius 2 is 1.62 bits per heavy atom. The van der Waals surface area contributed by atoms with Crippen LogP contribution in [0.5, 0.6) is 0 Å². The summed E-state index contributed by atoms with van der Waals surface area (Å²) in [6, 6.07) is 0. The second kappa shape index (κ2) is 12.9. The molecule has 9 heteroatoms. The van der Waals surface area contributed by atoms with Gasteiger partial charge < -0.3 is 42.6 Å². The van der Waals surface area contributed by atoms with Crippen LogP contribution in [0.25, 0.3) is 0 Å². The predicted molar refractivity (Wildman–Crippen MR) is 176 cm³/mol. The zero-order chi connectivity index (χ0) is 33.4. The molecule has 16 unspecified atom stereocenters. The van der Waals surface area contributed by atoms with E-state index in [-0.39, 0.29) is 29.8 Å². The van der Waals surface area contributed by atoms with Crippen molar-refractivity contribution in [3.05, 3.63) is 11.6 Å². The van der Waals surface area contributed by atoms with Gasteiger partial charge in [0.15, 0.2) is 12.1 Å². The Hall–Kier alpha value is -0.620. The van der Waals surface area contributed by atoms with Crippen LogP contribution in [0.15, 0.2) is 11.6 Å². The van der Waals surface area contributed by atoms with Crippen LogP contribution in [0.4, 0.5) is 0 Å². The van der Waals surface area contributed by atoms with E-state index in [2.05, 4.69) is 33.8 Å². The van der Waals surface area contributed by atoms with Gasteiger partial charge in [-0.25, -0.2) is 0 Å². The number of hydrogen-bond donors (Lipinski definition) is 0. The molecule has 3 heterocycles. The molecule has 7 aliphatic rings. The number of allylic oxidation sites excluding steroid dienone is 1. The summed E-state index contributed by atoms with van der Waals surface area (Å²) in [6.45, 7) is 10.5. The van der Waals surface area contributed by atoms with Crippen LogP contribution in [0, 0.1) is 40.4 Å². The summed E-state index contributed by atoms with van der Waals surface area (Å²) in [5, 5.41) is 0. The highest BCUT2D eigenvalue weighted by Crippen LogP contribution is 2.71. The molecule has 9 nitrogen and oxygen atoms in total. The monoisotopic (exact) mass is 662 g/mol. The van der Waals surface area contributed by atoms with Crippen molar-refractivity contribution in [1.29, 1.82) is 0 Å². The van der Waals surface area contributed by atoms with E-state index >= 15 is 0 Å². The fourth-order valence-corrected chi connectivity index (χ4v) is 12.3. The molecule has 0 amide bonds. The third kappa shape index (κ3) is 5.43. The molecule has 3 aliphatic heterocycles. The molecular formula is C38H62O9. The molecule has 0 aromatic rings. The Morgan fingerprint density at radius 3 is 2.32 bits per heavy atom. The highest BCUT2D eigenvalue weighted by Gasteiger charge is 2.70. The fraction of sp³-hybridized carbons (Fsp3) is 0.947. The molecule has 1 spiro atoms. The third-order valence-electron chi connectivity index (χ3n) is 14.8. The summed E-state index contributed by atoms with van der Waals surface area (Å²) in [7, 11) is 8.53. The largest absolute Gasteiger partial charge is 0.382 e. The number of hydrogen-bond acceptors (Lipinski definition) is 9. The summed E-state index contributed by atoms with van der Waals surface area (Å²) in [5.74, 6) is 2.52. The maximum Gasteiger partial charge on any atom is 0.187 e. The molecule has 7 rings (SSSR count). The van der Waals surface area contributed by atoms with Gasteiger partial charge in [-0.3, -0.25) is 0 Å². The Balaban J connectivity index is 1.03. The SMILES string of the molecule is COCC1OC(OCC2(C)CCC3(OC4CC5C6CC=C7CC(OC)CCC7(C)C6CCC5(C)C4C3C)O2)C(OC)C(OC)C1OC. The third-order valence-corrected chi connectivity index (χ3v) is 14.8. The van der Waals surface area contributed by atoms with Crippen LogP contribution in [-0.4, -0.2) is 103 Å². The van der Waals surface area contributed by atoms with E-state index in [1.807, 2.05) is 7.11 Å². The van der Waals surface area contributed by atoms with E-state index in [0.29, 0.717) is 42.5 Å². The Bertz CT molecular complexity index is 1160. The molecule has 47 heavy (non-hydrogen) atoms. The highest BCUT2D eigenvalue weighted by atomic mass is 16.8. The minimum Gasteiger partial charge on any atom is -0.382 e. The van der Waals surface area contributed by atoms with Crippen molar-refractivity contribution in [2.75, 3.05) is 48.8 Å². The summed E-state index contributed by atoms with van der Waals surface area (Å²) >= 11 is 0. The minimum absolute atomic E-state index is 0.257. The van der Waals surface area contributed by atoms with Crippen molar-refractivity contribution in [2.45, 2.75) is 140 Å². The standard InChI is InChI=1S/C38H62O9/c1-22-30-28(19-27-25-11-10-23-18-24(40-6)12-14-36(23,3)26(25)13-15-37(27,30)4)46-38(22)17-16-35(2,47-38)21-44-34-33(43-9)32(42-8)31(41-7)29(45-34)20-39-5/h10,22,24-34H,11-21H2,1-9H3. The van der Waals surface area contributed by atoms with Gasteiger partial charge in [0, 0.05) is 47.9 Å². The highest BCUT2D eigenvalue weighted by molar-refractivity contribution is 5.26. The van der Waals surface area contributed by atoms with Crippen molar-refractivity contribution in [3.8, 4) is 0 Å². The molecule has 0 N–H and O–H groups in total. The lowest BCUT2D eigenvalue weighted by atomic mass is 9.47. The average Bonchev–Trinajstić information content (AvgIpc) is 3.66. The van der Waals surface area contributed by atoms with Gasteiger partial charge >= 0.3 is 0 Å². The van der Waals surface area contributed by atoms with Crippen molar-refractivity contribution in [1.82, 2.24) is 0 Å². The molecule has 3 saturated carbocycles. The minimum atomic E-state index is -0.638. The fourth-order valence-electron chi connectivity index (χ4n) is 12.3. The van der Waals surface area contributed by atoms with Gasteiger partial charge in [0.2, 0.25) is 0 Å². The van der Waals surface area contributed by atoms with E-state index in [4.69, 9.17) is 42.6 Å². The maximum atomic E-state index is 7.17. The molecule has 4 aliphatic carbocycles. The van der Waals surface area contributed by atoms with Gasteiger partial charge in [-0.15, -0.1) is 0 Å². The Labute approximate surface area is 283 Å². The van der Waals surface area contributed by atoms with Crippen LogP contribution in [0.2, 0.25) is 0 Å². The lowest BCUT2D eigenvalue weighted by Gasteiger charge is -2.58. The summed E-state index contributed by atoms with van der Waals surface area (Å²) in [5.41, 5.74) is 1.81. The first-order chi connectivity index (χ1) is 22.5. The van der Waals surface area contributed by atoms with Crippen LogP contribution in [-0.2, 0) is 42.6 Å². The van der Waals surface area contributed by atoms with Gasteiger partial charge in [0.25, 0.3) is 0 Å². The Morgan fingerprint density at radius 1 is 0.851 bits per heavy atom. The number of fused-ring (bicyclic) bond motifs is 7. The van der Waals surface area contributed by atoms with E-state index in [1.165, 1.54) is 32.1 Å². The molecule has 0 bridgehead atoms. The van der Waals surface area contributed by atoms with Crippen LogP contribution in [0.1, 0.15) is 85.5 Å². The van der Waals surface area contributed by atoms with Gasteiger partial charge in [0.05, 0.1) is 31.0 Å². The topological polar surface area (TPSA) is 83.1 Å². The Kier molecular flexibility index (Phi) is 9.52. The molecule has 6 fully saturated rings. The molecule has 3 saturated heterocycles. The van der Waals surface area contributed by atoms with Crippen molar-refractivity contribution in [2.24, 2.45) is 40.4 Å². The van der Waals surface area contributed by atoms with Crippen molar-refractivity contribution >= 4 is 0 Å². The quantitative estimate of drug-likeness (QED) is 0.280. The zero-order valence-electron chi connectivity index (χ0n) is 30.5. The molecule has 16 atom stereocenters. The normalized spacial score (nSPS) is 53.8. The lowest BCUT2D eigenvalue weighted by molar-refractivity contribution is -0.327.